The molecule has 5 heteroatoms. The summed E-state index contributed by atoms with van der Waals surface area (Å²) in [5.41, 5.74) is 0. The van der Waals surface area contributed by atoms with Crippen molar-refractivity contribution >= 4 is 5.91 Å². The van der Waals surface area contributed by atoms with Crippen LogP contribution in [0.5, 0.6) is 0 Å². The molecule has 4 unspecified atom stereocenters. The van der Waals surface area contributed by atoms with Gasteiger partial charge in [0.2, 0.25) is 5.91 Å². The molecule has 2 fully saturated rings. The molecule has 0 aromatic heterocycles. The lowest BCUT2D eigenvalue weighted by Crippen LogP contribution is -2.43. The van der Waals surface area contributed by atoms with Gasteiger partial charge in [0, 0.05) is 19.7 Å². The van der Waals surface area contributed by atoms with Crippen molar-refractivity contribution in [1.82, 2.24) is 10.6 Å². The Hall–Kier alpha value is -0.650. The topological polar surface area (TPSA) is 81.6 Å². The Bertz CT molecular complexity index is 285. The smallest absolute Gasteiger partial charge is 0.237 e. The third-order valence-corrected chi connectivity index (χ3v) is 4.26. The minimum absolute atomic E-state index is 0.0196. The molecular formula is C13H24N2O3. The molecular weight excluding hydrogens is 232 g/mol. The van der Waals surface area contributed by atoms with E-state index < -0.39 is 6.10 Å². The van der Waals surface area contributed by atoms with Gasteiger partial charge in [-0.2, -0.15) is 0 Å². The van der Waals surface area contributed by atoms with Crippen molar-refractivity contribution in [3.8, 4) is 0 Å². The first-order chi connectivity index (χ1) is 8.70. The fourth-order valence-corrected chi connectivity index (χ4v) is 3.07. The average Bonchev–Trinajstić information content (AvgIpc) is 2.83. The lowest BCUT2D eigenvalue weighted by molar-refractivity contribution is -0.123. The van der Waals surface area contributed by atoms with E-state index in [0.29, 0.717) is 31.3 Å². The van der Waals surface area contributed by atoms with Gasteiger partial charge in [-0.05, 0) is 31.1 Å². The van der Waals surface area contributed by atoms with Gasteiger partial charge < -0.3 is 20.8 Å². The minimum atomic E-state index is -0.402. The third-order valence-electron chi connectivity index (χ3n) is 4.26. The lowest BCUT2D eigenvalue weighted by Gasteiger charge is -2.30. The molecule has 0 radical (unpaired) electrons. The van der Waals surface area contributed by atoms with E-state index in [-0.39, 0.29) is 18.6 Å². The molecule has 2 aliphatic rings. The Morgan fingerprint density at radius 3 is 2.61 bits per heavy atom. The maximum Gasteiger partial charge on any atom is 0.237 e. The second kappa shape index (κ2) is 6.50. The van der Waals surface area contributed by atoms with Crippen LogP contribution in [-0.4, -0.2) is 48.0 Å². The predicted molar refractivity (Wildman–Crippen MR) is 68.0 cm³/mol. The molecule has 1 saturated carbocycles. The zero-order chi connectivity index (χ0) is 13.0. The number of carbonyl (C=O) groups excluding carboxylic acids is 1. The second-order valence-corrected chi connectivity index (χ2v) is 5.58. The Labute approximate surface area is 108 Å². The standard InChI is InChI=1S/C13H24N2O3/c16-8-10-4-2-1-3-9(10)6-15-13(18)12-5-11(17)7-14-12/h9-12,14,16-17H,1-8H2,(H,15,18). The first-order valence-electron chi connectivity index (χ1n) is 7.00. The van der Waals surface area contributed by atoms with Gasteiger partial charge in [0.1, 0.15) is 0 Å². The molecule has 4 atom stereocenters. The van der Waals surface area contributed by atoms with Crippen molar-refractivity contribution in [2.24, 2.45) is 11.8 Å². The van der Waals surface area contributed by atoms with Crippen LogP contribution < -0.4 is 10.6 Å². The molecule has 4 N–H and O–H groups in total. The lowest BCUT2D eigenvalue weighted by atomic mass is 9.79. The fraction of sp³-hybridized carbons (Fsp3) is 0.923. The number of amides is 1. The van der Waals surface area contributed by atoms with Crippen LogP contribution in [0.25, 0.3) is 0 Å². The molecule has 0 spiro atoms. The molecule has 1 amide bonds. The Morgan fingerprint density at radius 1 is 1.28 bits per heavy atom. The number of rotatable bonds is 4. The zero-order valence-electron chi connectivity index (χ0n) is 10.8. The summed E-state index contributed by atoms with van der Waals surface area (Å²) < 4.78 is 0. The second-order valence-electron chi connectivity index (χ2n) is 5.58. The number of hydrogen-bond acceptors (Lipinski definition) is 4. The molecule has 0 aromatic rings. The van der Waals surface area contributed by atoms with E-state index in [1.807, 2.05) is 0 Å². The van der Waals surface area contributed by atoms with Crippen LogP contribution in [0.1, 0.15) is 32.1 Å². The van der Waals surface area contributed by atoms with Crippen LogP contribution in [0.4, 0.5) is 0 Å². The van der Waals surface area contributed by atoms with Gasteiger partial charge in [-0.3, -0.25) is 4.79 Å². The number of nitrogens with one attached hydrogen (secondary N) is 2. The molecule has 2 rings (SSSR count). The van der Waals surface area contributed by atoms with E-state index in [0.717, 1.165) is 12.8 Å². The molecule has 104 valence electrons. The van der Waals surface area contributed by atoms with Crippen molar-refractivity contribution in [1.29, 1.82) is 0 Å². The SMILES string of the molecule is O=C(NCC1CCCCC1CO)C1CC(O)CN1. The molecule has 1 heterocycles. The maximum absolute atomic E-state index is 11.9. The van der Waals surface area contributed by atoms with E-state index in [9.17, 15) is 15.0 Å². The van der Waals surface area contributed by atoms with Crippen molar-refractivity contribution in [2.45, 2.75) is 44.2 Å². The molecule has 1 aliphatic carbocycles. The number of aliphatic hydroxyl groups excluding tert-OH is 2. The summed E-state index contributed by atoms with van der Waals surface area (Å²) >= 11 is 0. The molecule has 0 aromatic carbocycles. The summed E-state index contributed by atoms with van der Waals surface area (Å²) in [5.74, 6) is 0.717. The monoisotopic (exact) mass is 256 g/mol. The summed E-state index contributed by atoms with van der Waals surface area (Å²) in [6.45, 7) is 1.38. The molecule has 1 aliphatic heterocycles. The third kappa shape index (κ3) is 3.43. The Kier molecular flexibility index (Phi) is 4.97. The predicted octanol–water partition coefficient (Wildman–Crippen LogP) is -0.376. The quantitative estimate of drug-likeness (QED) is 0.553. The summed E-state index contributed by atoms with van der Waals surface area (Å²) in [4.78, 5) is 11.9. The summed E-state index contributed by atoms with van der Waals surface area (Å²) in [6, 6.07) is -0.254. The first kappa shape index (κ1) is 13.8. The van der Waals surface area contributed by atoms with Crippen LogP contribution in [0, 0.1) is 11.8 Å². The number of carbonyl (C=O) groups is 1. The van der Waals surface area contributed by atoms with Gasteiger partial charge in [-0.25, -0.2) is 0 Å². The largest absolute Gasteiger partial charge is 0.396 e. The van der Waals surface area contributed by atoms with Crippen LogP contribution in [0.2, 0.25) is 0 Å². The molecule has 5 nitrogen and oxygen atoms in total. The number of hydrogen-bond donors (Lipinski definition) is 4. The summed E-state index contributed by atoms with van der Waals surface area (Å²) in [7, 11) is 0. The summed E-state index contributed by atoms with van der Waals surface area (Å²) in [5, 5.41) is 24.6. The van der Waals surface area contributed by atoms with Crippen molar-refractivity contribution < 1.29 is 15.0 Å². The highest BCUT2D eigenvalue weighted by Crippen LogP contribution is 2.29. The molecule has 1 saturated heterocycles. The number of aliphatic hydroxyl groups is 2. The van der Waals surface area contributed by atoms with Crippen LogP contribution in [-0.2, 0) is 4.79 Å². The minimum Gasteiger partial charge on any atom is -0.396 e. The van der Waals surface area contributed by atoms with Crippen molar-refractivity contribution in [2.75, 3.05) is 19.7 Å². The van der Waals surface area contributed by atoms with E-state index in [1.54, 1.807) is 0 Å². The van der Waals surface area contributed by atoms with E-state index in [4.69, 9.17) is 0 Å². The van der Waals surface area contributed by atoms with Gasteiger partial charge in [-0.1, -0.05) is 12.8 Å². The van der Waals surface area contributed by atoms with E-state index in [2.05, 4.69) is 10.6 Å². The van der Waals surface area contributed by atoms with E-state index >= 15 is 0 Å². The van der Waals surface area contributed by atoms with E-state index in [1.165, 1.54) is 12.8 Å². The van der Waals surface area contributed by atoms with Crippen LogP contribution in [0.15, 0.2) is 0 Å². The van der Waals surface area contributed by atoms with Gasteiger partial charge in [0.15, 0.2) is 0 Å². The molecule has 0 bridgehead atoms. The van der Waals surface area contributed by atoms with Gasteiger partial charge >= 0.3 is 0 Å². The highest BCUT2D eigenvalue weighted by atomic mass is 16.3. The van der Waals surface area contributed by atoms with Gasteiger partial charge in [0.25, 0.3) is 0 Å². The highest BCUT2D eigenvalue weighted by molar-refractivity contribution is 5.82. The Balaban J connectivity index is 1.74. The Morgan fingerprint density at radius 2 is 2.00 bits per heavy atom. The average molecular weight is 256 g/mol. The first-order valence-corrected chi connectivity index (χ1v) is 7.00. The maximum atomic E-state index is 11.9. The fourth-order valence-electron chi connectivity index (χ4n) is 3.07. The molecule has 18 heavy (non-hydrogen) atoms. The highest BCUT2D eigenvalue weighted by Gasteiger charge is 2.29. The normalized spacial score (nSPS) is 36.6. The van der Waals surface area contributed by atoms with Gasteiger partial charge in [-0.15, -0.1) is 0 Å². The van der Waals surface area contributed by atoms with Gasteiger partial charge in [0.05, 0.1) is 12.1 Å². The van der Waals surface area contributed by atoms with Crippen molar-refractivity contribution in [3.63, 3.8) is 0 Å². The summed E-state index contributed by atoms with van der Waals surface area (Å²) in [6.07, 6.45) is 4.63. The zero-order valence-corrected chi connectivity index (χ0v) is 10.8. The number of β-amino-alcohol motifs (C(OH)–C–C–N with tert-alkyl or cyclic N) is 1. The van der Waals surface area contributed by atoms with Crippen molar-refractivity contribution in [3.05, 3.63) is 0 Å². The van der Waals surface area contributed by atoms with Crippen LogP contribution >= 0.6 is 0 Å². The van der Waals surface area contributed by atoms with Crippen LogP contribution in [0.3, 0.4) is 0 Å².